The van der Waals surface area contributed by atoms with E-state index in [2.05, 4.69) is 9.97 Å². The molecule has 21 heavy (non-hydrogen) atoms. The average molecular weight is 301 g/mol. The lowest BCUT2D eigenvalue weighted by atomic mass is 10.1. The number of pyridine rings is 2. The van der Waals surface area contributed by atoms with Gasteiger partial charge in [0.1, 0.15) is 11.5 Å². The van der Waals surface area contributed by atoms with E-state index >= 15 is 0 Å². The maximum Gasteiger partial charge on any atom is 0.433 e. The minimum absolute atomic E-state index is 0.0184. The van der Waals surface area contributed by atoms with Gasteiger partial charge in [-0.3, -0.25) is 9.97 Å². The topological polar surface area (TPSA) is 51.8 Å². The summed E-state index contributed by atoms with van der Waals surface area (Å²) in [7, 11) is 0. The summed E-state index contributed by atoms with van der Waals surface area (Å²) in [5, 5.41) is 0. The van der Waals surface area contributed by atoms with E-state index in [4.69, 9.17) is 5.73 Å². The fraction of sp³-hybridized carbons (Fsp3) is 0.286. The van der Waals surface area contributed by atoms with E-state index in [1.807, 2.05) is 13.8 Å². The minimum atomic E-state index is -4.49. The number of hydrogen-bond donors (Lipinski definition) is 1. The molecule has 0 aliphatic carbocycles. The normalized spacial score (nSPS) is 10.8. The summed E-state index contributed by atoms with van der Waals surface area (Å²) in [6.07, 6.45) is -2.46. The Morgan fingerprint density at radius 3 is 2.24 bits per heavy atom. The van der Waals surface area contributed by atoms with Crippen molar-refractivity contribution < 1.29 is 17.6 Å². The number of rotatable bonds is 2. The van der Waals surface area contributed by atoms with Crippen LogP contribution >= 0.6 is 0 Å². The third kappa shape index (κ3) is 4.22. The Morgan fingerprint density at radius 2 is 1.76 bits per heavy atom. The Bertz CT molecular complexity index is 580. The molecule has 3 nitrogen and oxygen atoms in total. The summed E-state index contributed by atoms with van der Waals surface area (Å²) in [4.78, 5) is 7.11. The van der Waals surface area contributed by atoms with E-state index in [1.165, 1.54) is 12.1 Å². The van der Waals surface area contributed by atoms with E-state index in [1.54, 1.807) is 0 Å². The zero-order valence-corrected chi connectivity index (χ0v) is 11.6. The zero-order chi connectivity index (χ0) is 16.0. The third-order valence-electron chi connectivity index (χ3n) is 2.50. The number of halogens is 4. The van der Waals surface area contributed by atoms with Crippen LogP contribution < -0.4 is 5.73 Å². The summed E-state index contributed by atoms with van der Waals surface area (Å²) in [6.45, 7) is 3.98. The summed E-state index contributed by atoms with van der Waals surface area (Å²) in [5.74, 6) is -0.550. The molecule has 2 N–H and O–H groups in total. The predicted octanol–water partition coefficient (Wildman–Crippen LogP) is 3.79. The molecule has 0 atom stereocenters. The van der Waals surface area contributed by atoms with E-state index < -0.39 is 17.7 Å². The molecule has 0 aliphatic rings. The van der Waals surface area contributed by atoms with Crippen LogP contribution in [0.25, 0.3) is 11.3 Å². The summed E-state index contributed by atoms with van der Waals surface area (Å²) >= 11 is 0. The number of nitrogens with two attached hydrogens (primary N) is 1. The van der Waals surface area contributed by atoms with Gasteiger partial charge in [-0.25, -0.2) is 4.39 Å². The van der Waals surface area contributed by atoms with Gasteiger partial charge >= 0.3 is 6.18 Å². The smallest absolute Gasteiger partial charge is 0.326 e. The first-order chi connectivity index (χ1) is 9.91. The Hall–Kier alpha value is -2.02. The van der Waals surface area contributed by atoms with Crippen molar-refractivity contribution in [1.29, 1.82) is 0 Å². The van der Waals surface area contributed by atoms with Gasteiger partial charge in [0, 0.05) is 23.9 Å². The van der Waals surface area contributed by atoms with Crippen molar-refractivity contribution in [2.75, 3.05) is 0 Å². The molecule has 0 unspecified atom stereocenters. The lowest BCUT2D eigenvalue weighted by Gasteiger charge is -2.07. The molecule has 0 bridgehead atoms. The molecule has 2 rings (SSSR count). The van der Waals surface area contributed by atoms with E-state index in [0.717, 1.165) is 18.5 Å². The molecule has 0 aliphatic heterocycles. The molecule has 0 amide bonds. The Morgan fingerprint density at radius 1 is 1.10 bits per heavy atom. The minimum Gasteiger partial charge on any atom is -0.326 e. The first-order valence-electron chi connectivity index (χ1n) is 6.30. The third-order valence-corrected chi connectivity index (χ3v) is 2.50. The second-order valence-corrected chi connectivity index (χ2v) is 3.79. The Labute approximate surface area is 119 Å². The highest BCUT2D eigenvalue weighted by Gasteiger charge is 2.32. The van der Waals surface area contributed by atoms with E-state index in [-0.39, 0.29) is 12.1 Å². The zero-order valence-electron chi connectivity index (χ0n) is 11.6. The van der Waals surface area contributed by atoms with Crippen LogP contribution in [0.2, 0.25) is 0 Å². The van der Waals surface area contributed by atoms with Crippen molar-refractivity contribution in [3.05, 3.63) is 47.7 Å². The first-order valence-corrected chi connectivity index (χ1v) is 6.30. The highest BCUT2D eigenvalue weighted by Crippen LogP contribution is 2.28. The summed E-state index contributed by atoms with van der Waals surface area (Å²) in [6, 6.07) is 3.47. The summed E-state index contributed by atoms with van der Waals surface area (Å²) < 4.78 is 50.2. The van der Waals surface area contributed by atoms with Gasteiger partial charge in [0.2, 0.25) is 0 Å². The van der Waals surface area contributed by atoms with Crippen molar-refractivity contribution in [2.45, 2.75) is 26.6 Å². The number of aromatic nitrogens is 2. The maximum atomic E-state index is 13.2. The molecular formula is C14H15F4N3. The number of hydrogen-bond acceptors (Lipinski definition) is 3. The Balaban J connectivity index is 0.00000106. The van der Waals surface area contributed by atoms with Crippen molar-refractivity contribution in [3.63, 3.8) is 0 Å². The van der Waals surface area contributed by atoms with Crippen molar-refractivity contribution >= 4 is 0 Å². The van der Waals surface area contributed by atoms with Crippen molar-refractivity contribution in [2.24, 2.45) is 5.73 Å². The van der Waals surface area contributed by atoms with Gasteiger partial charge in [0.25, 0.3) is 0 Å². The van der Waals surface area contributed by atoms with Crippen LogP contribution in [-0.4, -0.2) is 9.97 Å². The molecule has 0 saturated heterocycles. The van der Waals surface area contributed by atoms with Gasteiger partial charge in [0.15, 0.2) is 0 Å². The van der Waals surface area contributed by atoms with Gasteiger partial charge in [-0.1, -0.05) is 13.8 Å². The van der Waals surface area contributed by atoms with Crippen LogP contribution in [0.4, 0.5) is 17.6 Å². The van der Waals surface area contributed by atoms with Gasteiger partial charge in [-0.05, 0) is 18.2 Å². The van der Waals surface area contributed by atoms with Crippen LogP contribution in [0.15, 0.2) is 30.6 Å². The van der Waals surface area contributed by atoms with Gasteiger partial charge in [-0.15, -0.1) is 0 Å². The van der Waals surface area contributed by atoms with Gasteiger partial charge in [-0.2, -0.15) is 13.2 Å². The quantitative estimate of drug-likeness (QED) is 0.859. The molecule has 0 fully saturated rings. The van der Waals surface area contributed by atoms with E-state index in [0.29, 0.717) is 11.3 Å². The fourth-order valence-electron chi connectivity index (χ4n) is 1.51. The number of alkyl halides is 3. The molecule has 2 aromatic heterocycles. The van der Waals surface area contributed by atoms with Crippen LogP contribution in [0.3, 0.4) is 0 Å². The van der Waals surface area contributed by atoms with Crippen LogP contribution in [0, 0.1) is 5.82 Å². The lowest BCUT2D eigenvalue weighted by molar-refractivity contribution is -0.141. The standard InChI is InChI=1S/C12H9F4N3.C2H6/c13-9-6-18-10(3-8(9)4-17)7-1-2-11(19-5-7)12(14,15)16;1-2/h1-3,5-6H,4,17H2;1-2H3. The highest BCUT2D eigenvalue weighted by atomic mass is 19.4. The van der Waals surface area contributed by atoms with Gasteiger partial charge < -0.3 is 5.73 Å². The maximum absolute atomic E-state index is 13.2. The molecule has 0 spiro atoms. The second kappa shape index (κ2) is 7.12. The highest BCUT2D eigenvalue weighted by molar-refractivity contribution is 5.58. The number of nitrogens with zero attached hydrogens (tertiary/aromatic N) is 2. The SMILES string of the molecule is CC.NCc1cc(-c2ccc(C(F)(F)F)nc2)ncc1F. The molecule has 0 radical (unpaired) electrons. The largest absolute Gasteiger partial charge is 0.433 e. The van der Waals surface area contributed by atoms with E-state index in [9.17, 15) is 17.6 Å². The van der Waals surface area contributed by atoms with Crippen LogP contribution in [0.1, 0.15) is 25.1 Å². The predicted molar refractivity (Wildman–Crippen MR) is 71.7 cm³/mol. The first kappa shape index (κ1) is 17.0. The lowest BCUT2D eigenvalue weighted by Crippen LogP contribution is -2.07. The molecule has 2 heterocycles. The van der Waals surface area contributed by atoms with Gasteiger partial charge in [0.05, 0.1) is 11.9 Å². The molecule has 0 saturated carbocycles. The molecular weight excluding hydrogens is 286 g/mol. The Kier molecular flexibility index (Phi) is 5.78. The van der Waals surface area contributed by atoms with Crippen LogP contribution in [-0.2, 0) is 12.7 Å². The second-order valence-electron chi connectivity index (χ2n) is 3.79. The molecule has 114 valence electrons. The van der Waals surface area contributed by atoms with Crippen molar-refractivity contribution in [3.8, 4) is 11.3 Å². The average Bonchev–Trinajstić information content (AvgIpc) is 2.49. The van der Waals surface area contributed by atoms with Crippen LogP contribution in [0.5, 0.6) is 0 Å². The summed E-state index contributed by atoms with van der Waals surface area (Å²) in [5.41, 5.74) is 5.28. The monoisotopic (exact) mass is 301 g/mol. The molecule has 2 aromatic rings. The molecule has 0 aromatic carbocycles. The van der Waals surface area contributed by atoms with Crippen molar-refractivity contribution in [1.82, 2.24) is 9.97 Å². The molecule has 7 heteroatoms. The fourth-order valence-corrected chi connectivity index (χ4v) is 1.51.